The van der Waals surface area contributed by atoms with E-state index in [2.05, 4.69) is 4.98 Å². The number of fused-ring (bicyclic) bond motifs is 3. The van der Waals surface area contributed by atoms with Crippen LogP contribution >= 0.6 is 11.6 Å². The van der Waals surface area contributed by atoms with Crippen LogP contribution in [0.15, 0.2) is 36.7 Å². The number of hydrogen-bond donors (Lipinski definition) is 1. The summed E-state index contributed by atoms with van der Waals surface area (Å²) in [6.07, 6.45) is 4.84. The van der Waals surface area contributed by atoms with Crippen LogP contribution in [-0.4, -0.2) is 26.5 Å². The van der Waals surface area contributed by atoms with Crippen LogP contribution in [0, 0.1) is 5.82 Å². The number of hydrogen-bond acceptors (Lipinski definition) is 3. The molecule has 148 valence electrons. The third kappa shape index (κ3) is 2.72. The van der Waals surface area contributed by atoms with Crippen molar-refractivity contribution in [2.75, 3.05) is 4.90 Å². The molecule has 6 nitrogen and oxygen atoms in total. The van der Waals surface area contributed by atoms with Crippen LogP contribution in [-0.2, 0) is 28.1 Å². The van der Waals surface area contributed by atoms with E-state index < -0.39 is 17.2 Å². The van der Waals surface area contributed by atoms with Gasteiger partial charge in [0, 0.05) is 28.8 Å². The third-order valence-corrected chi connectivity index (χ3v) is 6.09. The average Bonchev–Trinajstić information content (AvgIpc) is 3.36. The number of aromatic nitrogens is 2. The van der Waals surface area contributed by atoms with Gasteiger partial charge in [0.15, 0.2) is 0 Å². The molecule has 8 heteroatoms. The Morgan fingerprint density at radius 1 is 1.31 bits per heavy atom. The van der Waals surface area contributed by atoms with Crippen LogP contribution in [0.4, 0.5) is 10.1 Å². The molecule has 0 atom stereocenters. The van der Waals surface area contributed by atoms with Crippen LogP contribution in [0.25, 0.3) is 10.9 Å². The molecule has 2 aromatic heterocycles. The second-order valence-corrected chi connectivity index (χ2v) is 8.06. The largest absolute Gasteiger partial charge is 0.481 e. The van der Waals surface area contributed by atoms with Crippen molar-refractivity contribution in [3.63, 3.8) is 0 Å². The number of amides is 1. The number of halogens is 2. The number of carbonyl (C=O) groups excluding carboxylic acids is 1. The van der Waals surface area contributed by atoms with Crippen molar-refractivity contribution in [3.05, 3.63) is 58.8 Å². The van der Waals surface area contributed by atoms with E-state index in [1.807, 2.05) is 6.07 Å². The smallest absolute Gasteiger partial charge is 0.305 e. The molecular formula is C21H17ClFN3O3. The van der Waals surface area contributed by atoms with Gasteiger partial charge in [0.2, 0.25) is 5.91 Å². The number of carbonyl (C=O) groups is 2. The molecule has 3 heterocycles. The van der Waals surface area contributed by atoms with Gasteiger partial charge in [-0.05, 0) is 42.7 Å². The van der Waals surface area contributed by atoms with E-state index in [0.717, 1.165) is 24.1 Å². The Morgan fingerprint density at radius 2 is 2.10 bits per heavy atom. The molecule has 1 spiro atoms. The number of rotatable bonds is 5. The molecule has 1 fully saturated rings. The van der Waals surface area contributed by atoms with Crippen LogP contribution in [0.2, 0.25) is 5.02 Å². The molecule has 1 saturated carbocycles. The van der Waals surface area contributed by atoms with Crippen molar-refractivity contribution in [3.8, 4) is 0 Å². The predicted octanol–water partition coefficient (Wildman–Crippen LogP) is 3.88. The molecule has 1 N–H and O–H groups in total. The van der Waals surface area contributed by atoms with Crippen LogP contribution in [0.1, 0.15) is 30.5 Å². The van der Waals surface area contributed by atoms with Gasteiger partial charge < -0.3 is 14.6 Å². The van der Waals surface area contributed by atoms with E-state index >= 15 is 0 Å². The van der Waals surface area contributed by atoms with Crippen molar-refractivity contribution >= 4 is 40.1 Å². The van der Waals surface area contributed by atoms with Crippen molar-refractivity contribution in [2.24, 2.45) is 0 Å². The Balaban J connectivity index is 1.60. The maximum atomic E-state index is 14.7. The molecule has 1 amide bonds. The lowest BCUT2D eigenvalue weighted by molar-refractivity contribution is -0.137. The SMILES string of the molecule is O=C(O)CCn1c(CN2C(=O)C3(CC3)c3ccncc32)cc2cc(Cl)cc(F)c21. The molecule has 0 radical (unpaired) electrons. The highest BCUT2D eigenvalue weighted by molar-refractivity contribution is 6.31. The highest BCUT2D eigenvalue weighted by Gasteiger charge is 2.59. The second kappa shape index (κ2) is 6.29. The van der Waals surface area contributed by atoms with Gasteiger partial charge in [-0.2, -0.15) is 0 Å². The third-order valence-electron chi connectivity index (χ3n) is 5.88. The van der Waals surface area contributed by atoms with E-state index in [-0.39, 0.29) is 30.4 Å². The topological polar surface area (TPSA) is 75.4 Å². The normalized spacial score (nSPS) is 16.6. The zero-order chi connectivity index (χ0) is 20.3. The maximum Gasteiger partial charge on any atom is 0.305 e. The summed E-state index contributed by atoms with van der Waals surface area (Å²) in [7, 11) is 0. The molecule has 0 bridgehead atoms. The highest BCUT2D eigenvalue weighted by Crippen LogP contribution is 2.57. The number of nitrogens with zero attached hydrogens (tertiary/aromatic N) is 3. The maximum absolute atomic E-state index is 14.7. The zero-order valence-corrected chi connectivity index (χ0v) is 16.1. The zero-order valence-electron chi connectivity index (χ0n) is 15.4. The van der Waals surface area contributed by atoms with Crippen molar-refractivity contribution in [1.29, 1.82) is 0 Å². The van der Waals surface area contributed by atoms with Gasteiger partial charge in [-0.1, -0.05) is 11.6 Å². The number of aliphatic carboxylic acids is 1. The first-order chi connectivity index (χ1) is 13.9. The van der Waals surface area contributed by atoms with Crippen molar-refractivity contribution in [2.45, 2.75) is 37.8 Å². The first-order valence-corrected chi connectivity index (χ1v) is 9.74. The Labute approximate surface area is 170 Å². The summed E-state index contributed by atoms with van der Waals surface area (Å²) in [5.41, 5.74) is 2.25. The number of carboxylic acid groups (broad SMARTS) is 1. The van der Waals surface area contributed by atoms with Crippen molar-refractivity contribution < 1.29 is 19.1 Å². The van der Waals surface area contributed by atoms with E-state index in [9.17, 15) is 14.0 Å². The molecule has 2 aliphatic rings. The van der Waals surface area contributed by atoms with Crippen LogP contribution < -0.4 is 4.90 Å². The van der Waals surface area contributed by atoms with Gasteiger partial charge in [0.25, 0.3) is 0 Å². The standard InChI is InChI=1S/C21H17ClFN3O3/c22-13-7-12-8-14(25(6-2-18(27)28)19(12)16(23)9-13)11-26-17-10-24-5-1-15(17)21(3-4-21)20(26)29/h1,5,7-10H,2-4,6,11H2,(H,27,28). The fourth-order valence-corrected chi connectivity index (χ4v) is 4.60. The minimum absolute atomic E-state index is 0.0223. The van der Waals surface area contributed by atoms with Crippen LogP contribution in [0.5, 0.6) is 0 Å². The fraction of sp³-hybridized carbons (Fsp3) is 0.286. The number of pyridine rings is 1. The lowest BCUT2D eigenvalue weighted by Gasteiger charge is -2.19. The summed E-state index contributed by atoms with van der Waals surface area (Å²) < 4.78 is 16.3. The van der Waals surface area contributed by atoms with Gasteiger partial charge in [-0.15, -0.1) is 0 Å². The Hall–Kier alpha value is -2.93. The minimum atomic E-state index is -0.976. The monoisotopic (exact) mass is 413 g/mol. The number of anilines is 1. The van der Waals surface area contributed by atoms with Crippen LogP contribution in [0.3, 0.4) is 0 Å². The lowest BCUT2D eigenvalue weighted by Crippen LogP contribution is -2.32. The van der Waals surface area contributed by atoms with Crippen molar-refractivity contribution in [1.82, 2.24) is 9.55 Å². The fourth-order valence-electron chi connectivity index (χ4n) is 4.39. The lowest BCUT2D eigenvalue weighted by atomic mass is 9.99. The molecule has 3 aromatic rings. The highest BCUT2D eigenvalue weighted by atomic mass is 35.5. The Bertz CT molecular complexity index is 1190. The second-order valence-electron chi connectivity index (χ2n) is 7.62. The summed E-state index contributed by atoms with van der Waals surface area (Å²) >= 11 is 6.00. The summed E-state index contributed by atoms with van der Waals surface area (Å²) in [6, 6.07) is 6.52. The van der Waals surface area contributed by atoms with Gasteiger partial charge in [-0.25, -0.2) is 4.39 Å². The molecular weight excluding hydrogens is 397 g/mol. The first-order valence-electron chi connectivity index (χ1n) is 9.36. The molecule has 1 aliphatic carbocycles. The van der Waals surface area contributed by atoms with E-state index in [1.165, 1.54) is 6.07 Å². The molecule has 1 aliphatic heterocycles. The summed E-state index contributed by atoms with van der Waals surface area (Å²) in [5, 5.41) is 9.96. The first kappa shape index (κ1) is 18.1. The summed E-state index contributed by atoms with van der Waals surface area (Å²) in [6.45, 7) is 0.310. The Morgan fingerprint density at radius 3 is 2.83 bits per heavy atom. The predicted molar refractivity (Wildman–Crippen MR) is 105 cm³/mol. The quantitative estimate of drug-likeness (QED) is 0.688. The number of carboxylic acids is 1. The van der Waals surface area contributed by atoms with E-state index in [1.54, 1.807) is 34.0 Å². The van der Waals surface area contributed by atoms with Gasteiger partial charge in [0.05, 0.1) is 35.8 Å². The van der Waals surface area contributed by atoms with Gasteiger partial charge >= 0.3 is 5.97 Å². The Kier molecular flexibility index (Phi) is 3.93. The molecule has 0 saturated heterocycles. The van der Waals surface area contributed by atoms with E-state index in [0.29, 0.717) is 16.6 Å². The molecule has 5 rings (SSSR count). The van der Waals surface area contributed by atoms with Gasteiger partial charge in [0.1, 0.15) is 5.82 Å². The molecule has 29 heavy (non-hydrogen) atoms. The number of benzene rings is 1. The molecule has 1 aromatic carbocycles. The van der Waals surface area contributed by atoms with E-state index in [4.69, 9.17) is 16.7 Å². The average molecular weight is 414 g/mol. The summed E-state index contributed by atoms with van der Waals surface area (Å²) in [4.78, 5) is 30.1. The summed E-state index contributed by atoms with van der Waals surface area (Å²) in [5.74, 6) is -1.47. The molecule has 0 unspecified atom stereocenters. The minimum Gasteiger partial charge on any atom is -0.481 e. The number of aryl methyl sites for hydroxylation is 1. The van der Waals surface area contributed by atoms with Gasteiger partial charge in [-0.3, -0.25) is 14.6 Å².